The minimum atomic E-state index is -0.442. The molecular weight excluding hydrogens is 448 g/mol. The molecule has 2 rings (SSSR count). The van der Waals surface area contributed by atoms with E-state index in [1.54, 1.807) is 19.2 Å². The van der Waals surface area contributed by atoms with E-state index >= 15 is 0 Å². The second-order valence-corrected chi connectivity index (χ2v) is 7.12. The lowest BCUT2D eigenvalue weighted by Crippen LogP contribution is -2.15. The Bertz CT molecular complexity index is 856. The summed E-state index contributed by atoms with van der Waals surface area (Å²) in [6, 6.07) is 11.3. The number of benzene rings is 2. The number of amides is 1. The Morgan fingerprint density at radius 3 is 2.24 bits per heavy atom. The minimum Gasteiger partial charge on any atom is -0.494 e. The lowest BCUT2D eigenvalue weighted by molar-refractivity contribution is -0.112. The van der Waals surface area contributed by atoms with E-state index in [4.69, 9.17) is 4.74 Å². The number of methoxy groups -OCH3 is 1. The van der Waals surface area contributed by atoms with Gasteiger partial charge in [-0.3, -0.25) is 4.79 Å². The van der Waals surface area contributed by atoms with Gasteiger partial charge in [-0.2, -0.15) is 5.26 Å². The Labute approximate surface area is 163 Å². The van der Waals surface area contributed by atoms with Crippen LogP contribution in [-0.4, -0.2) is 13.0 Å². The standard InChI is InChI=1S/C19H16Br2N2O2/c1-11-5-4-6-12(2)17(11)23-19(24)14(10-22)7-13-8-15(20)18(25-3)16(21)9-13/h4-9H,1-3H3,(H,23,24). The van der Waals surface area contributed by atoms with Crippen LogP contribution in [0.5, 0.6) is 5.75 Å². The predicted octanol–water partition coefficient (Wildman–Crippen LogP) is 5.38. The van der Waals surface area contributed by atoms with Crippen LogP contribution in [-0.2, 0) is 4.79 Å². The summed E-state index contributed by atoms with van der Waals surface area (Å²) in [5.41, 5.74) is 3.34. The van der Waals surface area contributed by atoms with Gasteiger partial charge in [-0.15, -0.1) is 0 Å². The van der Waals surface area contributed by atoms with Gasteiger partial charge in [0.15, 0.2) is 0 Å². The van der Waals surface area contributed by atoms with Crippen LogP contribution in [0.15, 0.2) is 44.9 Å². The maximum absolute atomic E-state index is 12.5. The van der Waals surface area contributed by atoms with Gasteiger partial charge < -0.3 is 10.1 Å². The van der Waals surface area contributed by atoms with Crippen LogP contribution in [0.4, 0.5) is 5.69 Å². The Morgan fingerprint density at radius 2 is 1.76 bits per heavy atom. The van der Waals surface area contributed by atoms with Gasteiger partial charge in [0.25, 0.3) is 5.91 Å². The molecule has 0 aliphatic heterocycles. The quantitative estimate of drug-likeness (QED) is 0.488. The lowest BCUT2D eigenvalue weighted by Gasteiger charge is -2.11. The zero-order valence-electron chi connectivity index (χ0n) is 14.0. The van der Waals surface area contributed by atoms with Gasteiger partial charge in [0.05, 0.1) is 16.1 Å². The van der Waals surface area contributed by atoms with Gasteiger partial charge in [-0.1, -0.05) is 18.2 Å². The fraction of sp³-hybridized carbons (Fsp3) is 0.158. The normalized spacial score (nSPS) is 11.0. The second kappa shape index (κ2) is 8.32. The van der Waals surface area contributed by atoms with Gasteiger partial charge in [0.2, 0.25) is 0 Å². The summed E-state index contributed by atoms with van der Waals surface area (Å²) < 4.78 is 6.71. The highest BCUT2D eigenvalue weighted by Crippen LogP contribution is 2.35. The van der Waals surface area contributed by atoms with Gasteiger partial charge in [0.1, 0.15) is 17.4 Å². The van der Waals surface area contributed by atoms with Crippen molar-refractivity contribution in [3.63, 3.8) is 0 Å². The monoisotopic (exact) mass is 462 g/mol. The number of nitrogens with zero attached hydrogens (tertiary/aromatic N) is 1. The fourth-order valence-corrected chi connectivity index (χ4v) is 3.91. The fourth-order valence-electron chi connectivity index (χ4n) is 2.37. The minimum absolute atomic E-state index is 0.0200. The number of hydrogen-bond donors (Lipinski definition) is 1. The van der Waals surface area contributed by atoms with Crippen molar-refractivity contribution >= 4 is 49.5 Å². The molecule has 0 spiro atoms. The Balaban J connectivity index is 2.35. The van der Waals surface area contributed by atoms with Crippen molar-refractivity contribution in [3.8, 4) is 11.8 Å². The molecule has 4 nitrogen and oxygen atoms in total. The number of aryl methyl sites for hydroxylation is 2. The molecule has 0 saturated carbocycles. The first-order chi connectivity index (χ1) is 11.9. The molecule has 0 unspecified atom stereocenters. The maximum atomic E-state index is 12.5. The van der Waals surface area contributed by atoms with Crippen molar-refractivity contribution in [1.82, 2.24) is 0 Å². The average molecular weight is 464 g/mol. The zero-order chi connectivity index (χ0) is 18.6. The van der Waals surface area contributed by atoms with Gasteiger partial charge >= 0.3 is 0 Å². The number of anilines is 1. The summed E-state index contributed by atoms with van der Waals surface area (Å²) in [7, 11) is 1.57. The first-order valence-corrected chi connectivity index (χ1v) is 8.98. The van der Waals surface area contributed by atoms with Crippen molar-refractivity contribution < 1.29 is 9.53 Å². The highest BCUT2D eigenvalue weighted by Gasteiger charge is 2.13. The van der Waals surface area contributed by atoms with E-state index < -0.39 is 5.91 Å². The summed E-state index contributed by atoms with van der Waals surface area (Å²) in [5.74, 6) is 0.207. The molecule has 0 radical (unpaired) electrons. The van der Waals surface area contributed by atoms with Gasteiger partial charge in [-0.25, -0.2) is 0 Å². The van der Waals surface area contributed by atoms with Crippen LogP contribution < -0.4 is 10.1 Å². The van der Waals surface area contributed by atoms with Crippen LogP contribution in [0.2, 0.25) is 0 Å². The van der Waals surface area contributed by atoms with E-state index in [0.717, 1.165) is 25.8 Å². The Morgan fingerprint density at radius 1 is 1.20 bits per heavy atom. The Kier molecular flexibility index (Phi) is 6.40. The third kappa shape index (κ3) is 4.50. The first kappa shape index (κ1) is 19.2. The molecule has 1 amide bonds. The molecule has 0 aliphatic rings. The van der Waals surface area contributed by atoms with Gasteiger partial charge in [-0.05, 0) is 80.6 Å². The van der Waals surface area contributed by atoms with Crippen molar-refractivity contribution in [2.45, 2.75) is 13.8 Å². The van der Waals surface area contributed by atoms with E-state index in [-0.39, 0.29) is 5.57 Å². The highest BCUT2D eigenvalue weighted by atomic mass is 79.9. The molecule has 25 heavy (non-hydrogen) atoms. The van der Waals surface area contributed by atoms with E-state index in [9.17, 15) is 10.1 Å². The first-order valence-electron chi connectivity index (χ1n) is 7.39. The molecule has 0 bridgehead atoms. The summed E-state index contributed by atoms with van der Waals surface area (Å²) in [6.45, 7) is 3.83. The molecular formula is C19H16Br2N2O2. The summed E-state index contributed by atoms with van der Waals surface area (Å²) in [4.78, 5) is 12.5. The van der Waals surface area contributed by atoms with Crippen molar-refractivity contribution in [2.24, 2.45) is 0 Å². The number of ether oxygens (including phenoxy) is 1. The van der Waals surface area contributed by atoms with Crippen molar-refractivity contribution in [1.29, 1.82) is 5.26 Å². The van der Waals surface area contributed by atoms with E-state index in [1.807, 2.05) is 38.1 Å². The smallest absolute Gasteiger partial charge is 0.266 e. The summed E-state index contributed by atoms with van der Waals surface area (Å²) in [6.07, 6.45) is 1.54. The number of halogens is 2. The number of nitrogens with one attached hydrogen (secondary N) is 1. The molecule has 6 heteroatoms. The largest absolute Gasteiger partial charge is 0.494 e. The van der Waals surface area contributed by atoms with Crippen molar-refractivity contribution in [2.75, 3.05) is 12.4 Å². The van der Waals surface area contributed by atoms with E-state index in [2.05, 4.69) is 37.2 Å². The molecule has 2 aromatic rings. The third-order valence-electron chi connectivity index (χ3n) is 3.62. The maximum Gasteiger partial charge on any atom is 0.266 e. The highest BCUT2D eigenvalue weighted by molar-refractivity contribution is 9.11. The molecule has 1 N–H and O–H groups in total. The van der Waals surface area contributed by atoms with E-state index in [0.29, 0.717) is 11.3 Å². The number of hydrogen-bond acceptors (Lipinski definition) is 3. The molecule has 0 atom stereocenters. The van der Waals surface area contributed by atoms with Crippen molar-refractivity contribution in [3.05, 3.63) is 61.5 Å². The third-order valence-corrected chi connectivity index (χ3v) is 4.80. The molecule has 128 valence electrons. The number of para-hydroxylation sites is 1. The van der Waals surface area contributed by atoms with Crippen LogP contribution in [0.25, 0.3) is 6.08 Å². The van der Waals surface area contributed by atoms with Crippen LogP contribution in [0, 0.1) is 25.2 Å². The molecule has 2 aromatic carbocycles. The zero-order valence-corrected chi connectivity index (χ0v) is 17.2. The second-order valence-electron chi connectivity index (χ2n) is 5.41. The number of nitriles is 1. The SMILES string of the molecule is COc1c(Br)cc(C=C(C#N)C(=O)Nc2c(C)cccc2C)cc1Br. The number of rotatable bonds is 4. The molecule has 0 saturated heterocycles. The van der Waals surface area contributed by atoms with Gasteiger partial charge in [0, 0.05) is 5.69 Å². The molecule has 0 aliphatic carbocycles. The number of carbonyl (C=O) groups is 1. The average Bonchev–Trinajstić information content (AvgIpc) is 2.55. The summed E-state index contributed by atoms with van der Waals surface area (Å²) >= 11 is 6.82. The predicted molar refractivity (Wildman–Crippen MR) is 107 cm³/mol. The topological polar surface area (TPSA) is 62.1 Å². The van der Waals surface area contributed by atoms with Crippen LogP contribution in [0.1, 0.15) is 16.7 Å². The van der Waals surface area contributed by atoms with Crippen LogP contribution in [0.3, 0.4) is 0 Å². The molecule has 0 heterocycles. The van der Waals surface area contributed by atoms with Crippen LogP contribution >= 0.6 is 31.9 Å². The molecule has 0 fully saturated rings. The molecule has 0 aromatic heterocycles. The lowest BCUT2D eigenvalue weighted by atomic mass is 10.1. The summed E-state index contributed by atoms with van der Waals surface area (Å²) in [5, 5.41) is 12.2. The Hall–Kier alpha value is -2.10. The number of carbonyl (C=O) groups excluding carboxylic acids is 1. The van der Waals surface area contributed by atoms with E-state index in [1.165, 1.54) is 6.08 Å².